The quantitative estimate of drug-likeness (QED) is 0.571. The van der Waals surface area contributed by atoms with Crippen LogP contribution in [-0.4, -0.2) is 20.7 Å². The molecule has 0 fully saturated rings. The molecule has 0 aliphatic carbocycles. The molecule has 0 atom stereocenters. The topological polar surface area (TPSA) is 59.8 Å². The van der Waals surface area contributed by atoms with Crippen LogP contribution in [0.25, 0.3) is 11.0 Å². The van der Waals surface area contributed by atoms with Gasteiger partial charge < -0.3 is 5.32 Å². The Labute approximate surface area is 161 Å². The Bertz CT molecular complexity index is 1080. The van der Waals surface area contributed by atoms with Crippen LogP contribution in [0.2, 0.25) is 0 Å². The first kappa shape index (κ1) is 17.4. The Morgan fingerprint density at radius 2 is 1.96 bits per heavy atom. The SMILES string of the molecule is Cc1cc(C(=O)NCc2cccs2)c2c(C)nn(Cc3ccccc3)c2n1. The highest BCUT2D eigenvalue weighted by atomic mass is 32.1. The molecule has 0 radical (unpaired) electrons. The minimum absolute atomic E-state index is 0.0961. The molecular formula is C21H20N4OS. The van der Waals surface area contributed by atoms with Gasteiger partial charge in [0.2, 0.25) is 0 Å². The van der Waals surface area contributed by atoms with Crippen LogP contribution in [0.4, 0.5) is 0 Å². The van der Waals surface area contributed by atoms with Crippen molar-refractivity contribution in [2.45, 2.75) is 26.9 Å². The maximum Gasteiger partial charge on any atom is 0.252 e. The maximum absolute atomic E-state index is 12.9. The largest absolute Gasteiger partial charge is 0.347 e. The van der Waals surface area contributed by atoms with Gasteiger partial charge in [0, 0.05) is 10.6 Å². The van der Waals surface area contributed by atoms with E-state index in [0.717, 1.165) is 32.9 Å². The molecule has 27 heavy (non-hydrogen) atoms. The van der Waals surface area contributed by atoms with Crippen LogP contribution in [0, 0.1) is 13.8 Å². The van der Waals surface area contributed by atoms with Crippen LogP contribution >= 0.6 is 11.3 Å². The third-order valence-electron chi connectivity index (χ3n) is 4.43. The molecule has 0 aliphatic heterocycles. The first-order valence-electron chi connectivity index (χ1n) is 8.81. The Hall–Kier alpha value is -2.99. The zero-order valence-corrected chi connectivity index (χ0v) is 16.1. The van der Waals surface area contributed by atoms with Gasteiger partial charge in [-0.2, -0.15) is 5.10 Å². The number of carbonyl (C=O) groups excluding carboxylic acids is 1. The van der Waals surface area contributed by atoms with Gasteiger partial charge in [-0.15, -0.1) is 11.3 Å². The number of amides is 1. The molecule has 0 saturated carbocycles. The minimum atomic E-state index is -0.0961. The van der Waals surface area contributed by atoms with Gasteiger partial charge in [-0.05, 0) is 36.9 Å². The molecule has 6 heteroatoms. The number of hydrogen-bond donors (Lipinski definition) is 1. The predicted octanol–water partition coefficient (Wildman–Crippen LogP) is 4.09. The molecule has 1 aromatic carbocycles. The van der Waals surface area contributed by atoms with Gasteiger partial charge in [0.25, 0.3) is 5.91 Å². The zero-order valence-electron chi connectivity index (χ0n) is 15.3. The van der Waals surface area contributed by atoms with E-state index in [-0.39, 0.29) is 5.91 Å². The lowest BCUT2D eigenvalue weighted by Crippen LogP contribution is -2.23. The molecule has 4 aromatic rings. The first-order valence-corrected chi connectivity index (χ1v) is 9.69. The lowest BCUT2D eigenvalue weighted by Gasteiger charge is -2.08. The zero-order chi connectivity index (χ0) is 18.8. The molecule has 136 valence electrons. The standard InChI is InChI=1S/C21H20N4OS/c1-14-11-18(21(26)22-12-17-9-6-10-27-17)19-15(2)24-25(20(19)23-14)13-16-7-4-3-5-8-16/h3-11H,12-13H2,1-2H3,(H,22,26). The van der Waals surface area contributed by atoms with Gasteiger partial charge in [0.05, 0.1) is 29.7 Å². The summed E-state index contributed by atoms with van der Waals surface area (Å²) in [5.41, 5.74) is 4.14. The van der Waals surface area contributed by atoms with Gasteiger partial charge in [0.15, 0.2) is 5.65 Å². The third kappa shape index (κ3) is 3.61. The Balaban J connectivity index is 1.70. The fraction of sp³-hybridized carbons (Fsp3) is 0.190. The number of hydrogen-bond acceptors (Lipinski definition) is 4. The van der Waals surface area contributed by atoms with Crippen molar-refractivity contribution in [3.8, 4) is 0 Å². The summed E-state index contributed by atoms with van der Waals surface area (Å²) in [6.45, 7) is 4.98. The van der Waals surface area contributed by atoms with Gasteiger partial charge >= 0.3 is 0 Å². The number of nitrogens with one attached hydrogen (secondary N) is 1. The number of aromatic nitrogens is 3. The number of aryl methyl sites for hydroxylation is 2. The van der Waals surface area contributed by atoms with Crippen molar-refractivity contribution >= 4 is 28.3 Å². The van der Waals surface area contributed by atoms with E-state index in [9.17, 15) is 4.79 Å². The van der Waals surface area contributed by atoms with E-state index in [0.29, 0.717) is 18.7 Å². The van der Waals surface area contributed by atoms with Crippen molar-refractivity contribution in [1.29, 1.82) is 0 Å². The van der Waals surface area contributed by atoms with Crippen LogP contribution in [-0.2, 0) is 13.1 Å². The summed E-state index contributed by atoms with van der Waals surface area (Å²) in [5.74, 6) is -0.0961. The van der Waals surface area contributed by atoms with Crippen molar-refractivity contribution in [3.63, 3.8) is 0 Å². The van der Waals surface area contributed by atoms with Gasteiger partial charge in [-0.1, -0.05) is 36.4 Å². The van der Waals surface area contributed by atoms with Crippen LogP contribution < -0.4 is 5.32 Å². The van der Waals surface area contributed by atoms with Crippen LogP contribution in [0.1, 0.15) is 32.2 Å². The van der Waals surface area contributed by atoms with E-state index >= 15 is 0 Å². The Morgan fingerprint density at radius 1 is 1.15 bits per heavy atom. The number of benzene rings is 1. The van der Waals surface area contributed by atoms with Gasteiger partial charge in [-0.3, -0.25) is 4.79 Å². The van der Waals surface area contributed by atoms with Crippen LogP contribution in [0.5, 0.6) is 0 Å². The second-order valence-electron chi connectivity index (χ2n) is 6.50. The van der Waals surface area contributed by atoms with Gasteiger partial charge in [-0.25, -0.2) is 9.67 Å². The van der Waals surface area contributed by atoms with E-state index in [1.165, 1.54) is 0 Å². The van der Waals surface area contributed by atoms with E-state index < -0.39 is 0 Å². The molecule has 0 aliphatic rings. The highest BCUT2D eigenvalue weighted by Gasteiger charge is 2.19. The number of nitrogens with zero attached hydrogens (tertiary/aromatic N) is 3. The highest BCUT2D eigenvalue weighted by Crippen LogP contribution is 2.23. The number of thiophene rings is 1. The molecule has 1 amide bonds. The lowest BCUT2D eigenvalue weighted by molar-refractivity contribution is 0.0952. The average molecular weight is 376 g/mol. The van der Waals surface area contributed by atoms with Crippen molar-refractivity contribution in [2.24, 2.45) is 0 Å². The predicted molar refractivity (Wildman–Crippen MR) is 108 cm³/mol. The summed E-state index contributed by atoms with van der Waals surface area (Å²) in [7, 11) is 0. The monoisotopic (exact) mass is 376 g/mol. The molecule has 3 aromatic heterocycles. The normalized spacial score (nSPS) is 11.0. The fourth-order valence-electron chi connectivity index (χ4n) is 3.20. The Morgan fingerprint density at radius 3 is 2.70 bits per heavy atom. The first-order chi connectivity index (χ1) is 13.1. The van der Waals surface area contributed by atoms with Crippen molar-refractivity contribution in [1.82, 2.24) is 20.1 Å². The number of carbonyl (C=O) groups is 1. The molecule has 0 spiro atoms. The van der Waals surface area contributed by atoms with Crippen molar-refractivity contribution in [2.75, 3.05) is 0 Å². The molecule has 3 heterocycles. The maximum atomic E-state index is 12.9. The summed E-state index contributed by atoms with van der Waals surface area (Å²) in [6, 6.07) is 16.0. The molecule has 0 bridgehead atoms. The summed E-state index contributed by atoms with van der Waals surface area (Å²) in [4.78, 5) is 18.6. The summed E-state index contributed by atoms with van der Waals surface area (Å²) < 4.78 is 1.88. The van der Waals surface area contributed by atoms with Gasteiger partial charge in [0.1, 0.15) is 0 Å². The molecule has 0 saturated heterocycles. The van der Waals surface area contributed by atoms with E-state index in [4.69, 9.17) is 0 Å². The van der Waals surface area contributed by atoms with E-state index in [2.05, 4.69) is 27.5 Å². The highest BCUT2D eigenvalue weighted by molar-refractivity contribution is 7.09. The number of fused-ring (bicyclic) bond motifs is 1. The summed E-state index contributed by atoms with van der Waals surface area (Å²) in [5, 5.41) is 10.5. The molecule has 1 N–H and O–H groups in total. The van der Waals surface area contributed by atoms with Crippen LogP contribution in [0.3, 0.4) is 0 Å². The fourth-order valence-corrected chi connectivity index (χ4v) is 3.84. The summed E-state index contributed by atoms with van der Waals surface area (Å²) in [6.07, 6.45) is 0. The number of rotatable bonds is 5. The number of pyridine rings is 1. The molecular weight excluding hydrogens is 356 g/mol. The van der Waals surface area contributed by atoms with E-state index in [1.807, 2.05) is 60.3 Å². The molecule has 5 nitrogen and oxygen atoms in total. The van der Waals surface area contributed by atoms with Crippen molar-refractivity contribution in [3.05, 3.63) is 81.3 Å². The Kier molecular flexibility index (Phi) is 4.73. The van der Waals surface area contributed by atoms with Crippen molar-refractivity contribution < 1.29 is 4.79 Å². The second kappa shape index (κ2) is 7.32. The smallest absolute Gasteiger partial charge is 0.252 e. The second-order valence-corrected chi connectivity index (χ2v) is 7.53. The summed E-state index contributed by atoms with van der Waals surface area (Å²) >= 11 is 1.63. The molecule has 0 unspecified atom stereocenters. The van der Waals surface area contributed by atoms with E-state index in [1.54, 1.807) is 11.3 Å². The van der Waals surface area contributed by atoms with Crippen LogP contribution in [0.15, 0.2) is 53.9 Å². The lowest BCUT2D eigenvalue weighted by atomic mass is 10.1. The molecule has 4 rings (SSSR count). The minimum Gasteiger partial charge on any atom is -0.347 e. The average Bonchev–Trinajstić information content (AvgIpc) is 3.29. The third-order valence-corrected chi connectivity index (χ3v) is 5.30.